The molecule has 0 bridgehead atoms. The van der Waals surface area contributed by atoms with Gasteiger partial charge in [0.15, 0.2) is 0 Å². The van der Waals surface area contributed by atoms with Gasteiger partial charge < -0.3 is 24.8 Å². The number of esters is 1. The van der Waals surface area contributed by atoms with E-state index in [2.05, 4.69) is 10.6 Å². The fraction of sp³-hybridized carbons (Fsp3) is 0.370. The Bertz CT molecular complexity index is 1110. The third-order valence-electron chi connectivity index (χ3n) is 5.90. The van der Waals surface area contributed by atoms with E-state index in [1.54, 1.807) is 67.5 Å². The molecule has 2 aromatic carbocycles. The Balaban J connectivity index is 1.89. The van der Waals surface area contributed by atoms with E-state index in [-0.39, 0.29) is 25.2 Å². The SMILES string of the molecule is CCCCN1C(=O)NC(c2cccc(NC(=O)c3ccc(OC)cc3)c2)C(C(=O)OCCOC)=C1C. The highest BCUT2D eigenvalue weighted by Gasteiger charge is 2.36. The second-order valence-electron chi connectivity index (χ2n) is 8.32. The molecule has 0 radical (unpaired) electrons. The number of rotatable bonds is 11. The number of methoxy groups -OCH3 is 2. The monoisotopic (exact) mass is 495 g/mol. The molecule has 0 saturated heterocycles. The minimum Gasteiger partial charge on any atom is -0.497 e. The van der Waals surface area contributed by atoms with Crippen molar-refractivity contribution in [3.63, 3.8) is 0 Å². The molecule has 3 amide bonds. The molecule has 9 heteroatoms. The Labute approximate surface area is 211 Å². The lowest BCUT2D eigenvalue weighted by Crippen LogP contribution is -2.48. The molecule has 192 valence electrons. The first-order chi connectivity index (χ1) is 17.4. The van der Waals surface area contributed by atoms with Crippen molar-refractivity contribution in [3.05, 3.63) is 70.9 Å². The van der Waals surface area contributed by atoms with E-state index >= 15 is 0 Å². The lowest BCUT2D eigenvalue weighted by Gasteiger charge is -2.35. The largest absolute Gasteiger partial charge is 0.497 e. The molecular formula is C27H33N3O6. The van der Waals surface area contributed by atoms with E-state index in [0.717, 1.165) is 12.8 Å². The number of nitrogens with zero attached hydrogens (tertiary/aromatic N) is 1. The van der Waals surface area contributed by atoms with Crippen LogP contribution in [0.15, 0.2) is 59.8 Å². The van der Waals surface area contributed by atoms with Crippen molar-refractivity contribution in [3.8, 4) is 5.75 Å². The van der Waals surface area contributed by atoms with Crippen molar-refractivity contribution in [2.24, 2.45) is 0 Å². The number of nitrogens with one attached hydrogen (secondary N) is 2. The van der Waals surface area contributed by atoms with Gasteiger partial charge in [0.1, 0.15) is 12.4 Å². The number of hydrogen-bond donors (Lipinski definition) is 2. The summed E-state index contributed by atoms with van der Waals surface area (Å²) in [6, 6.07) is 12.8. The van der Waals surface area contributed by atoms with Crippen LogP contribution in [0.2, 0.25) is 0 Å². The van der Waals surface area contributed by atoms with Gasteiger partial charge in [-0.15, -0.1) is 0 Å². The number of unbranched alkanes of at least 4 members (excludes halogenated alkanes) is 1. The molecule has 1 atom stereocenters. The average Bonchev–Trinajstić information content (AvgIpc) is 2.88. The first-order valence-corrected chi connectivity index (χ1v) is 11.9. The van der Waals surface area contributed by atoms with Crippen LogP contribution in [0, 0.1) is 0 Å². The summed E-state index contributed by atoms with van der Waals surface area (Å²) in [6.45, 7) is 4.65. The van der Waals surface area contributed by atoms with E-state index in [0.29, 0.717) is 40.4 Å². The number of amides is 3. The zero-order chi connectivity index (χ0) is 26.1. The first-order valence-electron chi connectivity index (χ1n) is 11.9. The number of allylic oxidation sites excluding steroid dienone is 1. The lowest BCUT2D eigenvalue weighted by atomic mass is 9.94. The molecule has 36 heavy (non-hydrogen) atoms. The average molecular weight is 496 g/mol. The topological polar surface area (TPSA) is 106 Å². The van der Waals surface area contributed by atoms with Gasteiger partial charge in [-0.3, -0.25) is 9.69 Å². The molecule has 1 heterocycles. The molecule has 2 aromatic rings. The maximum absolute atomic E-state index is 13.1. The third kappa shape index (κ3) is 6.42. The maximum atomic E-state index is 13.1. The van der Waals surface area contributed by atoms with Gasteiger partial charge in [0.25, 0.3) is 5.91 Å². The van der Waals surface area contributed by atoms with Crippen molar-refractivity contribution in [2.45, 2.75) is 32.7 Å². The fourth-order valence-corrected chi connectivity index (χ4v) is 3.92. The second-order valence-corrected chi connectivity index (χ2v) is 8.32. The number of ether oxygens (including phenoxy) is 3. The minimum atomic E-state index is -0.733. The molecule has 3 rings (SSSR count). The van der Waals surface area contributed by atoms with E-state index in [1.165, 1.54) is 7.11 Å². The maximum Gasteiger partial charge on any atom is 0.338 e. The van der Waals surface area contributed by atoms with Gasteiger partial charge in [0, 0.05) is 30.6 Å². The van der Waals surface area contributed by atoms with Crippen LogP contribution in [0.1, 0.15) is 48.7 Å². The van der Waals surface area contributed by atoms with Crippen LogP contribution in [-0.4, -0.2) is 56.8 Å². The predicted octanol–water partition coefficient (Wildman–Crippen LogP) is 4.28. The molecule has 1 unspecified atom stereocenters. The summed E-state index contributed by atoms with van der Waals surface area (Å²) in [5, 5.41) is 5.81. The van der Waals surface area contributed by atoms with Gasteiger partial charge in [-0.25, -0.2) is 9.59 Å². The van der Waals surface area contributed by atoms with Crippen molar-refractivity contribution in [1.29, 1.82) is 0 Å². The normalized spacial score (nSPS) is 15.4. The molecule has 1 aliphatic rings. The summed E-state index contributed by atoms with van der Waals surface area (Å²) >= 11 is 0. The zero-order valence-electron chi connectivity index (χ0n) is 21.1. The Kier molecular flexibility index (Phi) is 9.46. The van der Waals surface area contributed by atoms with Crippen LogP contribution in [0.25, 0.3) is 0 Å². The number of carbonyl (C=O) groups excluding carboxylic acids is 3. The predicted molar refractivity (Wildman–Crippen MR) is 136 cm³/mol. The quantitative estimate of drug-likeness (QED) is 0.356. The standard InChI is InChI=1S/C27H33N3O6/c1-5-6-14-30-18(2)23(26(32)36-16-15-34-3)24(29-27(30)33)20-8-7-9-21(17-20)28-25(31)19-10-12-22(35-4)13-11-19/h7-13,17,24H,5-6,14-16H2,1-4H3,(H,28,31)(H,29,33). The highest BCUT2D eigenvalue weighted by molar-refractivity contribution is 6.04. The van der Waals surface area contributed by atoms with Crippen LogP contribution in [0.3, 0.4) is 0 Å². The summed E-state index contributed by atoms with van der Waals surface area (Å²) in [7, 11) is 3.09. The number of carbonyl (C=O) groups is 3. The van der Waals surface area contributed by atoms with E-state index in [9.17, 15) is 14.4 Å². The van der Waals surface area contributed by atoms with Crippen LogP contribution < -0.4 is 15.4 Å². The Morgan fingerprint density at radius 3 is 2.50 bits per heavy atom. The first kappa shape index (κ1) is 26.7. The van der Waals surface area contributed by atoms with Gasteiger partial charge in [-0.05, 0) is 55.3 Å². The number of benzene rings is 2. The summed E-state index contributed by atoms with van der Waals surface area (Å²) in [6.07, 6.45) is 1.71. The van der Waals surface area contributed by atoms with Gasteiger partial charge in [-0.1, -0.05) is 25.5 Å². The molecule has 0 spiro atoms. The summed E-state index contributed by atoms with van der Waals surface area (Å²) in [5.74, 6) is -0.162. The Morgan fingerprint density at radius 1 is 1.08 bits per heavy atom. The van der Waals surface area contributed by atoms with Crippen LogP contribution in [-0.2, 0) is 14.3 Å². The Hall–Kier alpha value is -3.85. The summed E-state index contributed by atoms with van der Waals surface area (Å²) in [5.41, 5.74) is 2.54. The van der Waals surface area contributed by atoms with Crippen LogP contribution >= 0.6 is 0 Å². The molecule has 0 fully saturated rings. The number of anilines is 1. The molecule has 2 N–H and O–H groups in total. The van der Waals surface area contributed by atoms with Crippen LogP contribution in [0.5, 0.6) is 5.75 Å². The molecule has 0 aromatic heterocycles. The zero-order valence-corrected chi connectivity index (χ0v) is 21.1. The molecule has 9 nitrogen and oxygen atoms in total. The number of hydrogen-bond acceptors (Lipinski definition) is 6. The lowest BCUT2D eigenvalue weighted by molar-refractivity contribution is -0.140. The highest BCUT2D eigenvalue weighted by Crippen LogP contribution is 2.32. The molecule has 0 saturated carbocycles. The van der Waals surface area contributed by atoms with Crippen molar-refractivity contribution < 1.29 is 28.6 Å². The second kappa shape index (κ2) is 12.7. The smallest absolute Gasteiger partial charge is 0.338 e. The number of urea groups is 1. The third-order valence-corrected chi connectivity index (χ3v) is 5.90. The van der Waals surface area contributed by atoms with E-state index < -0.39 is 12.0 Å². The van der Waals surface area contributed by atoms with Gasteiger partial charge in [-0.2, -0.15) is 0 Å². The molecule has 0 aliphatic carbocycles. The van der Waals surface area contributed by atoms with Crippen molar-refractivity contribution in [2.75, 3.05) is 39.3 Å². The molecular weight excluding hydrogens is 462 g/mol. The Morgan fingerprint density at radius 2 is 1.83 bits per heavy atom. The van der Waals surface area contributed by atoms with Crippen LogP contribution in [0.4, 0.5) is 10.5 Å². The van der Waals surface area contributed by atoms with Gasteiger partial charge in [0.05, 0.1) is 25.3 Å². The van der Waals surface area contributed by atoms with E-state index in [4.69, 9.17) is 14.2 Å². The fourth-order valence-electron chi connectivity index (χ4n) is 3.92. The highest BCUT2D eigenvalue weighted by atomic mass is 16.6. The van der Waals surface area contributed by atoms with Gasteiger partial charge in [0.2, 0.25) is 0 Å². The summed E-state index contributed by atoms with van der Waals surface area (Å²) < 4.78 is 15.6. The van der Waals surface area contributed by atoms with Crippen molar-refractivity contribution in [1.82, 2.24) is 10.2 Å². The van der Waals surface area contributed by atoms with Crippen molar-refractivity contribution >= 4 is 23.6 Å². The minimum absolute atomic E-state index is 0.0969. The summed E-state index contributed by atoms with van der Waals surface area (Å²) in [4.78, 5) is 40.4. The van der Waals surface area contributed by atoms with E-state index in [1.807, 2.05) is 6.92 Å². The van der Waals surface area contributed by atoms with Gasteiger partial charge >= 0.3 is 12.0 Å². The molecule has 1 aliphatic heterocycles.